The summed E-state index contributed by atoms with van der Waals surface area (Å²) in [6, 6.07) is 9.82. The van der Waals surface area contributed by atoms with Crippen LogP contribution in [0, 0.1) is 5.92 Å². The number of anilines is 1. The SMILES string of the molecule is COc1ccc(C2=NO[C@H]3C(=O)N(c4cc(Cl)ccc4OC)C(=O)[C@@H]23)cc1OC. The van der Waals surface area contributed by atoms with Crippen LogP contribution in [-0.4, -0.2) is 45.0 Å². The Bertz CT molecular complexity index is 1040. The monoisotopic (exact) mass is 416 g/mol. The van der Waals surface area contributed by atoms with Crippen LogP contribution in [0.2, 0.25) is 5.02 Å². The molecule has 0 aliphatic carbocycles. The quantitative estimate of drug-likeness (QED) is 0.696. The van der Waals surface area contributed by atoms with Crippen molar-refractivity contribution in [1.29, 1.82) is 0 Å². The van der Waals surface area contributed by atoms with Gasteiger partial charge in [-0.25, -0.2) is 4.90 Å². The van der Waals surface area contributed by atoms with Crippen molar-refractivity contribution in [2.45, 2.75) is 6.10 Å². The molecule has 0 bridgehead atoms. The molecule has 8 nitrogen and oxygen atoms in total. The maximum atomic E-state index is 13.2. The molecule has 0 aromatic heterocycles. The zero-order valence-corrected chi connectivity index (χ0v) is 16.6. The predicted octanol–water partition coefficient (Wildman–Crippen LogP) is 2.66. The molecule has 2 heterocycles. The first-order valence-electron chi connectivity index (χ1n) is 8.67. The fraction of sp³-hybridized carbons (Fsp3) is 0.250. The van der Waals surface area contributed by atoms with Crippen molar-refractivity contribution in [2.24, 2.45) is 11.1 Å². The highest BCUT2D eigenvalue weighted by atomic mass is 35.5. The third kappa shape index (κ3) is 2.96. The van der Waals surface area contributed by atoms with Crippen LogP contribution in [-0.2, 0) is 14.4 Å². The van der Waals surface area contributed by atoms with Gasteiger partial charge in [0.25, 0.3) is 5.91 Å². The van der Waals surface area contributed by atoms with Crippen molar-refractivity contribution < 1.29 is 28.6 Å². The van der Waals surface area contributed by atoms with E-state index in [1.807, 2.05) is 0 Å². The lowest BCUT2D eigenvalue weighted by molar-refractivity contribution is -0.126. The van der Waals surface area contributed by atoms with E-state index in [9.17, 15) is 9.59 Å². The van der Waals surface area contributed by atoms with Gasteiger partial charge in [-0.1, -0.05) is 16.8 Å². The molecule has 1 fully saturated rings. The number of hydrogen-bond acceptors (Lipinski definition) is 7. The largest absolute Gasteiger partial charge is 0.495 e. The number of benzene rings is 2. The molecule has 150 valence electrons. The number of carbonyl (C=O) groups is 2. The van der Waals surface area contributed by atoms with Gasteiger partial charge in [0.1, 0.15) is 17.4 Å². The predicted molar refractivity (Wildman–Crippen MR) is 105 cm³/mol. The minimum atomic E-state index is -1.05. The number of nitrogens with zero attached hydrogens (tertiary/aromatic N) is 2. The van der Waals surface area contributed by atoms with E-state index >= 15 is 0 Å². The van der Waals surface area contributed by atoms with E-state index in [4.69, 9.17) is 30.6 Å². The first kappa shape index (κ1) is 19.1. The summed E-state index contributed by atoms with van der Waals surface area (Å²) < 4.78 is 15.8. The maximum Gasteiger partial charge on any atom is 0.279 e. The Morgan fingerprint density at radius 2 is 1.62 bits per heavy atom. The van der Waals surface area contributed by atoms with Gasteiger partial charge >= 0.3 is 0 Å². The Labute approximate surface area is 171 Å². The third-order valence-corrected chi connectivity index (χ3v) is 5.11. The Kier molecular flexibility index (Phi) is 4.79. The topological polar surface area (TPSA) is 86.7 Å². The van der Waals surface area contributed by atoms with Gasteiger partial charge in [-0.15, -0.1) is 0 Å². The highest BCUT2D eigenvalue weighted by molar-refractivity contribution is 6.34. The number of rotatable bonds is 5. The first-order valence-corrected chi connectivity index (χ1v) is 9.05. The summed E-state index contributed by atoms with van der Waals surface area (Å²) in [6.07, 6.45) is -1.05. The van der Waals surface area contributed by atoms with Crippen LogP contribution < -0.4 is 19.1 Å². The zero-order chi connectivity index (χ0) is 20.7. The molecule has 1 saturated heterocycles. The van der Waals surface area contributed by atoms with Gasteiger partial charge in [0.15, 0.2) is 11.5 Å². The summed E-state index contributed by atoms with van der Waals surface area (Å²) in [4.78, 5) is 32.5. The van der Waals surface area contributed by atoms with Gasteiger partial charge in [-0.3, -0.25) is 9.59 Å². The smallest absolute Gasteiger partial charge is 0.279 e. The summed E-state index contributed by atoms with van der Waals surface area (Å²) in [7, 11) is 4.49. The van der Waals surface area contributed by atoms with E-state index in [0.29, 0.717) is 33.5 Å². The van der Waals surface area contributed by atoms with E-state index in [1.165, 1.54) is 27.4 Å². The van der Waals surface area contributed by atoms with E-state index in [1.54, 1.807) is 30.3 Å². The van der Waals surface area contributed by atoms with Gasteiger partial charge in [-0.2, -0.15) is 0 Å². The number of methoxy groups -OCH3 is 3. The molecule has 2 aliphatic heterocycles. The molecule has 9 heteroatoms. The molecule has 0 N–H and O–H groups in total. The van der Waals surface area contributed by atoms with Crippen LogP contribution in [0.1, 0.15) is 5.56 Å². The van der Waals surface area contributed by atoms with E-state index in [-0.39, 0.29) is 5.69 Å². The number of carbonyl (C=O) groups excluding carboxylic acids is 2. The summed E-state index contributed by atoms with van der Waals surface area (Å²) in [5.74, 6) is -0.524. The molecule has 0 unspecified atom stereocenters. The normalized spacial score (nSPS) is 20.3. The fourth-order valence-corrected chi connectivity index (χ4v) is 3.65. The molecule has 0 saturated carbocycles. The zero-order valence-electron chi connectivity index (χ0n) is 15.8. The average molecular weight is 417 g/mol. The maximum absolute atomic E-state index is 13.2. The molecule has 2 amide bonds. The van der Waals surface area contributed by atoms with Gasteiger partial charge in [-0.05, 0) is 36.4 Å². The lowest BCUT2D eigenvalue weighted by Crippen LogP contribution is -2.33. The molecule has 2 atom stereocenters. The summed E-state index contributed by atoms with van der Waals surface area (Å²) >= 11 is 6.07. The lowest BCUT2D eigenvalue weighted by atomic mass is 9.94. The molecule has 0 radical (unpaired) electrons. The summed E-state index contributed by atoms with van der Waals surface area (Å²) in [6.45, 7) is 0. The Balaban J connectivity index is 1.73. The third-order valence-electron chi connectivity index (χ3n) is 4.87. The van der Waals surface area contributed by atoms with E-state index in [0.717, 1.165) is 4.90 Å². The van der Waals surface area contributed by atoms with Gasteiger partial charge in [0, 0.05) is 10.6 Å². The Morgan fingerprint density at radius 1 is 0.931 bits per heavy atom. The molecule has 0 spiro atoms. The molecular weight excluding hydrogens is 400 g/mol. The highest BCUT2D eigenvalue weighted by Crippen LogP contribution is 2.40. The highest BCUT2D eigenvalue weighted by Gasteiger charge is 2.56. The van der Waals surface area contributed by atoms with Gasteiger partial charge < -0.3 is 19.0 Å². The fourth-order valence-electron chi connectivity index (χ4n) is 3.49. The summed E-state index contributed by atoms with van der Waals surface area (Å²) in [5, 5.41) is 4.37. The lowest BCUT2D eigenvalue weighted by Gasteiger charge is -2.18. The van der Waals surface area contributed by atoms with E-state index < -0.39 is 23.8 Å². The number of imide groups is 1. The van der Waals surface area contributed by atoms with Gasteiger partial charge in [0.2, 0.25) is 12.0 Å². The van der Waals surface area contributed by atoms with Crippen molar-refractivity contribution >= 4 is 34.8 Å². The van der Waals surface area contributed by atoms with Crippen molar-refractivity contribution in [3.63, 3.8) is 0 Å². The molecule has 2 aromatic rings. The number of fused-ring (bicyclic) bond motifs is 1. The Morgan fingerprint density at radius 3 is 2.31 bits per heavy atom. The number of halogens is 1. The summed E-state index contributed by atoms with van der Waals surface area (Å²) in [5.41, 5.74) is 1.20. The first-order chi connectivity index (χ1) is 14.0. The van der Waals surface area contributed by atoms with Crippen molar-refractivity contribution in [2.75, 3.05) is 26.2 Å². The average Bonchev–Trinajstić information content (AvgIpc) is 3.27. The van der Waals surface area contributed by atoms with Crippen molar-refractivity contribution in [1.82, 2.24) is 0 Å². The van der Waals surface area contributed by atoms with Crippen LogP contribution >= 0.6 is 11.6 Å². The van der Waals surface area contributed by atoms with Crippen molar-refractivity contribution in [3.8, 4) is 17.2 Å². The molecular formula is C20H17ClN2O6. The second kappa shape index (κ2) is 7.29. The second-order valence-electron chi connectivity index (χ2n) is 6.38. The Hall–Kier alpha value is -3.26. The van der Waals surface area contributed by atoms with Gasteiger partial charge in [0.05, 0.1) is 27.0 Å². The number of oxime groups is 1. The van der Waals surface area contributed by atoms with E-state index in [2.05, 4.69) is 5.16 Å². The van der Waals surface area contributed by atoms with Crippen LogP contribution in [0.5, 0.6) is 17.2 Å². The van der Waals surface area contributed by atoms with Crippen molar-refractivity contribution in [3.05, 3.63) is 47.0 Å². The standard InChI is InChI=1S/C20H17ClN2O6/c1-26-13-7-5-11(21)9-12(13)23-19(24)16-17(22-29-18(16)20(23)25)10-4-6-14(27-2)15(8-10)28-3/h4-9,16,18H,1-3H3/t16-,18+/m0/s1. The van der Waals surface area contributed by atoms with Crippen LogP contribution in [0.15, 0.2) is 41.6 Å². The number of amides is 2. The van der Waals surface area contributed by atoms with Crippen LogP contribution in [0.3, 0.4) is 0 Å². The minimum Gasteiger partial charge on any atom is -0.495 e. The number of ether oxygens (including phenoxy) is 3. The molecule has 2 aliphatic rings. The van der Waals surface area contributed by atoms with Crippen LogP contribution in [0.25, 0.3) is 0 Å². The molecule has 29 heavy (non-hydrogen) atoms. The second-order valence-corrected chi connectivity index (χ2v) is 6.81. The number of hydrogen-bond donors (Lipinski definition) is 0. The minimum absolute atomic E-state index is 0.264. The molecule has 2 aromatic carbocycles. The molecule has 4 rings (SSSR count). The van der Waals surface area contributed by atoms with Crippen LogP contribution in [0.4, 0.5) is 5.69 Å².